The zero-order valence-corrected chi connectivity index (χ0v) is 14.9. The monoisotopic (exact) mass is 346 g/mol. The highest BCUT2D eigenvalue weighted by Crippen LogP contribution is 2.19. The lowest BCUT2D eigenvalue weighted by Crippen LogP contribution is -2.55. The molecule has 0 saturated heterocycles. The van der Waals surface area contributed by atoms with Crippen molar-refractivity contribution in [3.8, 4) is 0 Å². The minimum atomic E-state index is -0.460. The van der Waals surface area contributed by atoms with E-state index in [0.717, 1.165) is 0 Å². The fourth-order valence-electron chi connectivity index (χ4n) is 2.04. The molecule has 0 aromatic heterocycles. The molecule has 5 heteroatoms. The van der Waals surface area contributed by atoms with E-state index in [1.807, 2.05) is 57.2 Å². The van der Waals surface area contributed by atoms with E-state index < -0.39 is 5.54 Å². The van der Waals surface area contributed by atoms with E-state index in [-0.39, 0.29) is 5.91 Å². The first-order chi connectivity index (χ1) is 10.8. The van der Waals surface area contributed by atoms with Crippen LogP contribution in [0.5, 0.6) is 0 Å². The van der Waals surface area contributed by atoms with Crippen LogP contribution in [0.3, 0.4) is 0 Å². The molecule has 2 aromatic rings. The van der Waals surface area contributed by atoms with Gasteiger partial charge in [0.15, 0.2) is 0 Å². The predicted octanol–water partition coefficient (Wildman–Crippen LogP) is 4.46. The number of benzene rings is 2. The van der Waals surface area contributed by atoms with Crippen molar-refractivity contribution in [2.45, 2.75) is 26.3 Å². The van der Waals surface area contributed by atoms with Crippen molar-refractivity contribution in [1.29, 1.82) is 0 Å². The number of hydrogen-bond donors (Lipinski definition) is 1. The molecule has 2 rings (SSSR count). The second-order valence-corrected chi connectivity index (χ2v) is 6.91. The van der Waals surface area contributed by atoms with E-state index in [9.17, 15) is 4.79 Å². The van der Waals surface area contributed by atoms with E-state index in [2.05, 4.69) is 5.43 Å². The Balaban J connectivity index is 2.29. The number of hydrogen-bond acceptors (Lipinski definition) is 2. The van der Waals surface area contributed by atoms with Gasteiger partial charge in [-0.1, -0.05) is 60.2 Å². The summed E-state index contributed by atoms with van der Waals surface area (Å²) < 4.78 is 0. The van der Waals surface area contributed by atoms with Gasteiger partial charge in [0.2, 0.25) is 0 Å². The van der Waals surface area contributed by atoms with E-state index in [1.165, 1.54) is 5.01 Å². The molecule has 0 aliphatic rings. The maximum absolute atomic E-state index is 12.8. The summed E-state index contributed by atoms with van der Waals surface area (Å²) in [6.45, 7) is 5.82. The fourth-order valence-corrected chi connectivity index (χ4v) is 2.60. The van der Waals surface area contributed by atoms with Crippen molar-refractivity contribution < 1.29 is 4.79 Å². The average Bonchev–Trinajstić information content (AvgIpc) is 2.52. The molecule has 0 saturated carbocycles. The van der Waals surface area contributed by atoms with E-state index in [4.69, 9.17) is 23.8 Å². The van der Waals surface area contributed by atoms with E-state index >= 15 is 0 Å². The zero-order chi connectivity index (χ0) is 17.0. The summed E-state index contributed by atoms with van der Waals surface area (Å²) in [5.41, 5.74) is 3.87. The molecular formula is C18H19ClN2OS. The second-order valence-electron chi connectivity index (χ2n) is 6.10. The number of amides is 1. The number of thiocarbonyl (C=S) groups is 1. The molecule has 0 fully saturated rings. The Labute approximate surface area is 147 Å². The van der Waals surface area contributed by atoms with Gasteiger partial charge in [-0.2, -0.15) is 0 Å². The first-order valence-corrected chi connectivity index (χ1v) is 8.04. The van der Waals surface area contributed by atoms with Crippen molar-refractivity contribution in [3.05, 3.63) is 70.7 Å². The molecule has 0 aliphatic carbocycles. The molecule has 23 heavy (non-hydrogen) atoms. The Morgan fingerprint density at radius 3 is 2.17 bits per heavy atom. The number of rotatable bonds is 2. The largest absolute Gasteiger partial charge is 0.284 e. The summed E-state index contributed by atoms with van der Waals surface area (Å²) >= 11 is 11.6. The summed E-state index contributed by atoms with van der Waals surface area (Å²) in [4.78, 5) is 13.2. The average molecular weight is 347 g/mol. The number of halogens is 1. The highest BCUT2D eigenvalue weighted by molar-refractivity contribution is 7.80. The molecule has 0 spiro atoms. The number of carbonyl (C=O) groups excluding carboxylic acids is 1. The quantitative estimate of drug-likeness (QED) is 0.643. The van der Waals surface area contributed by atoms with Crippen molar-refractivity contribution >= 4 is 34.7 Å². The summed E-state index contributed by atoms with van der Waals surface area (Å²) in [6, 6.07) is 16.4. The topological polar surface area (TPSA) is 32.3 Å². The number of carbonyl (C=O) groups is 1. The van der Waals surface area contributed by atoms with Crippen molar-refractivity contribution in [3.63, 3.8) is 0 Å². The summed E-state index contributed by atoms with van der Waals surface area (Å²) in [6.07, 6.45) is 0. The lowest BCUT2D eigenvalue weighted by molar-refractivity contribution is 0.0500. The van der Waals surface area contributed by atoms with Crippen LogP contribution in [0.1, 0.15) is 36.7 Å². The fraction of sp³-hybridized carbons (Fsp3) is 0.222. The van der Waals surface area contributed by atoms with Gasteiger partial charge in [0.1, 0.15) is 4.99 Å². The summed E-state index contributed by atoms with van der Waals surface area (Å²) in [5, 5.41) is 2.08. The van der Waals surface area contributed by atoms with Crippen molar-refractivity contribution in [2.24, 2.45) is 0 Å². The number of hydrazine groups is 1. The molecule has 120 valence electrons. The van der Waals surface area contributed by atoms with E-state index in [0.29, 0.717) is 21.1 Å². The van der Waals surface area contributed by atoms with Crippen molar-refractivity contribution in [2.75, 3.05) is 0 Å². The Kier molecular flexibility index (Phi) is 5.39. The molecule has 0 radical (unpaired) electrons. The minimum Gasteiger partial charge on any atom is -0.284 e. The Morgan fingerprint density at radius 2 is 1.61 bits per heavy atom. The molecule has 0 aliphatic heterocycles. The third-order valence-electron chi connectivity index (χ3n) is 3.23. The van der Waals surface area contributed by atoms with Crippen molar-refractivity contribution in [1.82, 2.24) is 10.4 Å². The molecule has 1 N–H and O–H groups in total. The summed E-state index contributed by atoms with van der Waals surface area (Å²) in [5.74, 6) is -0.146. The van der Waals surface area contributed by atoms with Crippen LogP contribution in [0.25, 0.3) is 0 Å². The highest BCUT2D eigenvalue weighted by Gasteiger charge is 2.28. The molecule has 0 atom stereocenters. The molecule has 0 heterocycles. The first kappa shape index (κ1) is 17.4. The molecule has 1 amide bonds. The van der Waals surface area contributed by atoms with Gasteiger partial charge >= 0.3 is 0 Å². The lowest BCUT2D eigenvalue weighted by atomic mass is 10.1. The van der Waals surface area contributed by atoms with Gasteiger partial charge in [0, 0.05) is 11.1 Å². The van der Waals surface area contributed by atoms with Crippen LogP contribution in [-0.2, 0) is 0 Å². The van der Waals surface area contributed by atoms with Gasteiger partial charge in [0.25, 0.3) is 5.91 Å². The maximum Gasteiger partial charge on any atom is 0.272 e. The van der Waals surface area contributed by atoms with Crippen LogP contribution in [0.2, 0.25) is 5.02 Å². The molecule has 0 unspecified atom stereocenters. The van der Waals surface area contributed by atoms with Gasteiger partial charge < -0.3 is 0 Å². The third kappa shape index (κ3) is 4.30. The van der Waals surface area contributed by atoms with Gasteiger partial charge in [-0.3, -0.25) is 10.2 Å². The molecule has 2 aromatic carbocycles. The number of nitrogens with zero attached hydrogens (tertiary/aromatic N) is 1. The Morgan fingerprint density at radius 1 is 1.04 bits per heavy atom. The first-order valence-electron chi connectivity index (χ1n) is 7.26. The highest BCUT2D eigenvalue weighted by atomic mass is 35.5. The smallest absolute Gasteiger partial charge is 0.272 e. The van der Waals surface area contributed by atoms with Gasteiger partial charge in [-0.25, -0.2) is 5.01 Å². The molecular weight excluding hydrogens is 328 g/mol. The molecule has 0 bridgehead atoms. The SMILES string of the molecule is CC(C)(C)N(NC(=S)c1ccccc1Cl)C(=O)c1ccccc1. The van der Waals surface area contributed by atoms with Crippen LogP contribution >= 0.6 is 23.8 Å². The Hall–Kier alpha value is -1.91. The van der Waals surface area contributed by atoms with Gasteiger partial charge in [0.05, 0.1) is 10.6 Å². The Bertz CT molecular complexity index is 710. The van der Waals surface area contributed by atoms with Crippen LogP contribution < -0.4 is 5.43 Å². The zero-order valence-electron chi connectivity index (χ0n) is 13.3. The van der Waals surface area contributed by atoms with E-state index in [1.54, 1.807) is 18.2 Å². The number of nitrogens with one attached hydrogen (secondary N) is 1. The summed E-state index contributed by atoms with van der Waals surface area (Å²) in [7, 11) is 0. The predicted molar refractivity (Wildman–Crippen MR) is 98.7 cm³/mol. The van der Waals surface area contributed by atoms with Crippen LogP contribution in [-0.4, -0.2) is 21.4 Å². The molecule has 3 nitrogen and oxygen atoms in total. The third-order valence-corrected chi connectivity index (χ3v) is 3.87. The standard InChI is InChI=1S/C18H19ClN2OS/c1-18(2,3)21(17(22)13-9-5-4-6-10-13)20-16(23)14-11-7-8-12-15(14)19/h4-12H,1-3H3,(H,20,23). The second kappa shape index (κ2) is 7.11. The van der Waals surface area contributed by atoms with Crippen LogP contribution in [0.4, 0.5) is 0 Å². The maximum atomic E-state index is 12.8. The lowest BCUT2D eigenvalue weighted by Gasteiger charge is -2.36. The van der Waals surface area contributed by atoms with Gasteiger partial charge in [-0.15, -0.1) is 0 Å². The van der Waals surface area contributed by atoms with Crippen LogP contribution in [0.15, 0.2) is 54.6 Å². The van der Waals surface area contributed by atoms with Gasteiger partial charge in [-0.05, 0) is 39.0 Å². The minimum absolute atomic E-state index is 0.146. The van der Waals surface area contributed by atoms with Crippen LogP contribution in [0, 0.1) is 0 Å². The normalized spacial score (nSPS) is 11.0.